The van der Waals surface area contributed by atoms with Crippen LogP contribution in [0.4, 0.5) is 15.9 Å². The van der Waals surface area contributed by atoms with Crippen molar-refractivity contribution >= 4 is 23.1 Å². The van der Waals surface area contributed by atoms with E-state index in [2.05, 4.69) is 20.5 Å². The molecule has 7 heteroatoms. The minimum absolute atomic E-state index is 0.0113. The van der Waals surface area contributed by atoms with Crippen molar-refractivity contribution in [3.8, 4) is 0 Å². The molecule has 0 amide bonds. The number of hydrogen-bond donors (Lipinski definition) is 2. The lowest BCUT2D eigenvalue weighted by atomic mass is 10.3. The van der Waals surface area contributed by atoms with Crippen molar-refractivity contribution in [3.05, 3.63) is 45.7 Å². The maximum absolute atomic E-state index is 12.9. The Morgan fingerprint density at radius 1 is 1.44 bits per heavy atom. The molecule has 1 heterocycles. The number of aromatic amines is 1. The third-order valence-corrected chi connectivity index (χ3v) is 2.05. The minimum Gasteiger partial charge on any atom is -0.339 e. The Morgan fingerprint density at radius 3 is 2.94 bits per heavy atom. The zero-order valence-corrected chi connectivity index (χ0v) is 8.62. The lowest BCUT2D eigenvalue weighted by molar-refractivity contribution is 0.628. The van der Waals surface area contributed by atoms with Crippen LogP contribution in [0.2, 0.25) is 5.02 Å². The van der Waals surface area contributed by atoms with Crippen LogP contribution >= 0.6 is 11.6 Å². The highest BCUT2D eigenvalue weighted by atomic mass is 35.5. The van der Waals surface area contributed by atoms with Crippen molar-refractivity contribution in [1.82, 2.24) is 15.2 Å². The molecule has 0 aliphatic heterocycles. The first kappa shape index (κ1) is 10.6. The summed E-state index contributed by atoms with van der Waals surface area (Å²) in [7, 11) is 0. The first-order valence-corrected chi connectivity index (χ1v) is 4.67. The van der Waals surface area contributed by atoms with Gasteiger partial charge >= 0.3 is 5.69 Å². The Labute approximate surface area is 94.3 Å². The number of anilines is 2. The van der Waals surface area contributed by atoms with E-state index in [0.29, 0.717) is 5.69 Å². The van der Waals surface area contributed by atoms with Gasteiger partial charge in [0.2, 0.25) is 0 Å². The Balaban J connectivity index is 2.27. The van der Waals surface area contributed by atoms with Crippen LogP contribution in [-0.4, -0.2) is 15.2 Å². The number of H-pyrrole nitrogens is 1. The van der Waals surface area contributed by atoms with Gasteiger partial charge in [-0.1, -0.05) is 11.6 Å². The lowest BCUT2D eigenvalue weighted by Crippen LogP contribution is -2.13. The van der Waals surface area contributed by atoms with Gasteiger partial charge in [0, 0.05) is 5.69 Å². The van der Waals surface area contributed by atoms with Crippen LogP contribution in [0, 0.1) is 5.82 Å². The maximum atomic E-state index is 12.9. The standard InChI is InChI=1S/C9H6ClFN4O/c10-6-3-5(1-2-7(6)11)13-8-4-12-15-9(16)14-8/h1-4H,(H2,13,14,15,16). The number of nitrogens with zero attached hydrogens (tertiary/aromatic N) is 2. The quantitative estimate of drug-likeness (QED) is 0.838. The second kappa shape index (κ2) is 4.28. The molecule has 0 unspecified atom stereocenters. The molecule has 82 valence electrons. The minimum atomic E-state index is -0.571. The normalized spacial score (nSPS) is 10.1. The smallest absolute Gasteiger partial charge is 0.339 e. The number of halogens is 2. The average Bonchev–Trinajstić information content (AvgIpc) is 2.24. The molecule has 0 spiro atoms. The van der Waals surface area contributed by atoms with E-state index in [1.165, 1.54) is 24.4 Å². The summed E-state index contributed by atoms with van der Waals surface area (Å²) in [6, 6.07) is 4.08. The molecule has 2 N–H and O–H groups in total. The van der Waals surface area contributed by atoms with Crippen LogP contribution in [-0.2, 0) is 0 Å². The van der Waals surface area contributed by atoms with Gasteiger partial charge in [0.15, 0.2) is 5.82 Å². The summed E-state index contributed by atoms with van der Waals surface area (Å²) in [4.78, 5) is 14.4. The van der Waals surface area contributed by atoms with Crippen molar-refractivity contribution in [3.63, 3.8) is 0 Å². The molecule has 0 radical (unpaired) electrons. The molecule has 0 aliphatic rings. The molecule has 2 aromatic rings. The van der Waals surface area contributed by atoms with E-state index in [9.17, 15) is 9.18 Å². The summed E-state index contributed by atoms with van der Waals surface area (Å²) in [6.45, 7) is 0. The van der Waals surface area contributed by atoms with E-state index >= 15 is 0 Å². The van der Waals surface area contributed by atoms with Gasteiger partial charge < -0.3 is 5.32 Å². The van der Waals surface area contributed by atoms with Gasteiger partial charge in [0.25, 0.3) is 0 Å². The fraction of sp³-hybridized carbons (Fsp3) is 0. The number of nitrogens with one attached hydrogen (secondary N) is 2. The van der Waals surface area contributed by atoms with Gasteiger partial charge in [-0.15, -0.1) is 0 Å². The van der Waals surface area contributed by atoms with Gasteiger partial charge in [0.1, 0.15) is 5.82 Å². The predicted molar refractivity (Wildman–Crippen MR) is 57.3 cm³/mol. The first-order chi connectivity index (χ1) is 7.65. The Hall–Kier alpha value is -1.95. The van der Waals surface area contributed by atoms with Gasteiger partial charge in [-0.05, 0) is 18.2 Å². The zero-order chi connectivity index (χ0) is 11.5. The fourth-order valence-corrected chi connectivity index (χ4v) is 1.27. The second-order valence-electron chi connectivity index (χ2n) is 2.93. The van der Waals surface area contributed by atoms with Gasteiger partial charge in [0.05, 0.1) is 11.2 Å². The molecule has 1 aromatic heterocycles. The SMILES string of the molecule is O=c1nc(Nc2ccc(F)c(Cl)c2)cn[nH]1. The third kappa shape index (κ3) is 2.34. The molecular weight excluding hydrogens is 235 g/mol. The molecule has 0 atom stereocenters. The predicted octanol–water partition coefficient (Wildman–Crippen LogP) is 1.70. The van der Waals surface area contributed by atoms with Gasteiger partial charge in [-0.2, -0.15) is 10.1 Å². The Kier molecular flexibility index (Phi) is 2.82. The van der Waals surface area contributed by atoms with Crippen LogP contribution in [0.15, 0.2) is 29.2 Å². The van der Waals surface area contributed by atoms with Crippen LogP contribution in [0.3, 0.4) is 0 Å². The van der Waals surface area contributed by atoms with Crippen molar-refractivity contribution < 1.29 is 4.39 Å². The lowest BCUT2D eigenvalue weighted by Gasteiger charge is -2.04. The number of aromatic nitrogens is 3. The van der Waals surface area contributed by atoms with E-state index in [-0.39, 0.29) is 10.8 Å². The van der Waals surface area contributed by atoms with Crippen LogP contribution < -0.4 is 11.0 Å². The van der Waals surface area contributed by atoms with Gasteiger partial charge in [-0.3, -0.25) is 0 Å². The van der Waals surface area contributed by atoms with E-state index in [4.69, 9.17) is 11.6 Å². The number of rotatable bonds is 2. The highest BCUT2D eigenvalue weighted by Gasteiger charge is 2.02. The Bertz CT molecular complexity index is 571. The first-order valence-electron chi connectivity index (χ1n) is 4.29. The third-order valence-electron chi connectivity index (χ3n) is 1.76. The molecule has 0 saturated carbocycles. The van der Waals surface area contributed by atoms with E-state index in [1.807, 2.05) is 0 Å². The summed E-state index contributed by atoms with van der Waals surface area (Å²) < 4.78 is 12.9. The van der Waals surface area contributed by atoms with Crippen molar-refractivity contribution in [1.29, 1.82) is 0 Å². The zero-order valence-electron chi connectivity index (χ0n) is 7.87. The van der Waals surface area contributed by atoms with Crippen LogP contribution in [0.25, 0.3) is 0 Å². The largest absolute Gasteiger partial charge is 0.363 e. The van der Waals surface area contributed by atoms with E-state index in [1.54, 1.807) is 0 Å². The molecular formula is C9H6ClFN4O. The average molecular weight is 241 g/mol. The van der Waals surface area contributed by atoms with Crippen LogP contribution in [0.1, 0.15) is 0 Å². The molecule has 2 rings (SSSR count). The second-order valence-corrected chi connectivity index (χ2v) is 3.33. The highest BCUT2D eigenvalue weighted by Crippen LogP contribution is 2.21. The van der Waals surface area contributed by atoms with Crippen molar-refractivity contribution in [2.45, 2.75) is 0 Å². The monoisotopic (exact) mass is 240 g/mol. The number of benzene rings is 1. The molecule has 0 saturated heterocycles. The van der Waals surface area contributed by atoms with Crippen molar-refractivity contribution in [2.75, 3.05) is 5.32 Å². The molecule has 5 nitrogen and oxygen atoms in total. The Morgan fingerprint density at radius 2 is 2.25 bits per heavy atom. The molecule has 0 bridgehead atoms. The molecule has 16 heavy (non-hydrogen) atoms. The number of hydrogen-bond acceptors (Lipinski definition) is 4. The van der Waals surface area contributed by atoms with Crippen molar-refractivity contribution in [2.24, 2.45) is 0 Å². The van der Waals surface area contributed by atoms with Crippen LogP contribution in [0.5, 0.6) is 0 Å². The van der Waals surface area contributed by atoms with E-state index in [0.717, 1.165) is 0 Å². The van der Waals surface area contributed by atoms with Gasteiger partial charge in [-0.25, -0.2) is 14.3 Å². The molecule has 1 aromatic carbocycles. The summed E-state index contributed by atoms with van der Waals surface area (Å²) in [6.07, 6.45) is 1.33. The summed E-state index contributed by atoms with van der Waals surface area (Å²) in [5, 5.41) is 8.44. The summed E-state index contributed by atoms with van der Waals surface area (Å²) in [5.41, 5.74) is -0.0514. The molecule has 0 aliphatic carbocycles. The summed E-state index contributed by atoms with van der Waals surface area (Å²) in [5.74, 6) is -0.254. The topological polar surface area (TPSA) is 70.7 Å². The fourth-order valence-electron chi connectivity index (χ4n) is 1.09. The maximum Gasteiger partial charge on any atom is 0.363 e. The highest BCUT2D eigenvalue weighted by molar-refractivity contribution is 6.31. The van der Waals surface area contributed by atoms with E-state index < -0.39 is 11.5 Å². The summed E-state index contributed by atoms with van der Waals surface area (Å²) >= 11 is 5.59. The molecule has 0 fully saturated rings.